The van der Waals surface area contributed by atoms with Gasteiger partial charge >= 0.3 is 0 Å². The Kier molecular flexibility index (Phi) is 4.56. The summed E-state index contributed by atoms with van der Waals surface area (Å²) in [6, 6.07) is 17.4. The van der Waals surface area contributed by atoms with Gasteiger partial charge in [-0.1, -0.05) is 64.0 Å². The number of nitrogens with one attached hydrogen (secondary N) is 1. The molecule has 2 rings (SSSR count). The number of halogens is 1. The van der Waals surface area contributed by atoms with Crippen LogP contribution >= 0.6 is 15.9 Å². The smallest absolute Gasteiger partial charge is 0.0369 e. The third-order valence-corrected chi connectivity index (χ3v) is 3.88. The van der Waals surface area contributed by atoms with Crippen molar-refractivity contribution in [2.45, 2.75) is 19.4 Å². The van der Waals surface area contributed by atoms with E-state index in [0.29, 0.717) is 6.04 Å². The van der Waals surface area contributed by atoms with Crippen molar-refractivity contribution in [1.82, 2.24) is 5.32 Å². The fourth-order valence-corrected chi connectivity index (χ4v) is 2.67. The molecule has 2 aromatic carbocycles. The van der Waals surface area contributed by atoms with Gasteiger partial charge in [-0.15, -0.1) is 0 Å². The van der Waals surface area contributed by atoms with Crippen LogP contribution < -0.4 is 5.32 Å². The normalized spacial score (nSPS) is 12.4. The van der Waals surface area contributed by atoms with Crippen molar-refractivity contribution in [3.8, 4) is 0 Å². The van der Waals surface area contributed by atoms with Crippen molar-refractivity contribution >= 4 is 15.9 Å². The molecule has 0 saturated heterocycles. The van der Waals surface area contributed by atoms with Crippen LogP contribution in [-0.2, 0) is 6.42 Å². The Morgan fingerprint density at radius 2 is 1.83 bits per heavy atom. The maximum absolute atomic E-state index is 3.65. The molecular formula is C16H18BrN. The van der Waals surface area contributed by atoms with E-state index in [1.165, 1.54) is 21.2 Å². The van der Waals surface area contributed by atoms with Crippen molar-refractivity contribution in [2.75, 3.05) is 7.05 Å². The minimum atomic E-state index is 0.335. The van der Waals surface area contributed by atoms with Crippen LogP contribution in [0, 0.1) is 6.92 Å². The summed E-state index contributed by atoms with van der Waals surface area (Å²) in [5, 5.41) is 3.40. The Balaban J connectivity index is 2.26. The van der Waals surface area contributed by atoms with Crippen molar-refractivity contribution in [3.05, 3.63) is 69.7 Å². The predicted octanol–water partition coefficient (Wildman–Crippen LogP) is 4.26. The van der Waals surface area contributed by atoms with E-state index < -0.39 is 0 Å². The summed E-state index contributed by atoms with van der Waals surface area (Å²) in [6.07, 6.45) is 0.999. The number of hydrogen-bond acceptors (Lipinski definition) is 1. The molecule has 0 heterocycles. The molecule has 0 aliphatic carbocycles. The molecule has 0 aliphatic heterocycles. The molecular weight excluding hydrogens is 286 g/mol. The number of hydrogen-bond donors (Lipinski definition) is 1. The molecule has 1 N–H and O–H groups in total. The minimum absolute atomic E-state index is 0.335. The summed E-state index contributed by atoms with van der Waals surface area (Å²) in [5.74, 6) is 0. The lowest BCUT2D eigenvalue weighted by Crippen LogP contribution is -2.19. The van der Waals surface area contributed by atoms with Crippen molar-refractivity contribution in [2.24, 2.45) is 0 Å². The molecule has 0 amide bonds. The van der Waals surface area contributed by atoms with Crippen LogP contribution in [0.3, 0.4) is 0 Å². The molecule has 1 unspecified atom stereocenters. The molecule has 18 heavy (non-hydrogen) atoms. The summed E-state index contributed by atoms with van der Waals surface area (Å²) in [6.45, 7) is 2.13. The molecule has 2 heteroatoms. The molecule has 0 radical (unpaired) electrons. The topological polar surface area (TPSA) is 12.0 Å². The summed E-state index contributed by atoms with van der Waals surface area (Å²) >= 11 is 3.65. The van der Waals surface area contributed by atoms with Gasteiger partial charge in [-0.05, 0) is 37.6 Å². The van der Waals surface area contributed by atoms with Gasteiger partial charge in [0.2, 0.25) is 0 Å². The lowest BCUT2D eigenvalue weighted by atomic mass is 9.98. The number of rotatable bonds is 4. The predicted molar refractivity (Wildman–Crippen MR) is 80.8 cm³/mol. The minimum Gasteiger partial charge on any atom is -0.313 e. The van der Waals surface area contributed by atoms with Gasteiger partial charge in [-0.2, -0.15) is 0 Å². The number of benzene rings is 2. The second kappa shape index (κ2) is 6.17. The molecule has 0 fully saturated rings. The summed E-state index contributed by atoms with van der Waals surface area (Å²) in [7, 11) is 2.02. The molecule has 0 saturated carbocycles. The van der Waals surface area contributed by atoms with Crippen molar-refractivity contribution in [1.29, 1.82) is 0 Å². The maximum Gasteiger partial charge on any atom is 0.0369 e. The zero-order valence-electron chi connectivity index (χ0n) is 10.8. The van der Waals surface area contributed by atoms with E-state index in [1.807, 2.05) is 7.05 Å². The Morgan fingerprint density at radius 1 is 1.11 bits per heavy atom. The SMILES string of the molecule is CNC(Cc1ccccc1)c1cc(C)ccc1Br. The quantitative estimate of drug-likeness (QED) is 0.890. The van der Waals surface area contributed by atoms with Gasteiger partial charge in [-0.25, -0.2) is 0 Å². The van der Waals surface area contributed by atoms with E-state index in [9.17, 15) is 0 Å². The van der Waals surface area contributed by atoms with E-state index in [4.69, 9.17) is 0 Å². The Labute approximate surface area is 117 Å². The first kappa shape index (κ1) is 13.3. The first-order valence-electron chi connectivity index (χ1n) is 6.18. The highest BCUT2D eigenvalue weighted by Gasteiger charge is 2.13. The summed E-state index contributed by atoms with van der Waals surface area (Å²) in [4.78, 5) is 0. The second-order valence-electron chi connectivity index (χ2n) is 4.56. The maximum atomic E-state index is 3.65. The van der Waals surface area contributed by atoms with E-state index in [-0.39, 0.29) is 0 Å². The number of likely N-dealkylation sites (N-methyl/N-ethyl adjacent to an activating group) is 1. The standard InChI is InChI=1S/C16H18BrN/c1-12-8-9-15(17)14(10-12)16(18-2)11-13-6-4-3-5-7-13/h3-10,16,18H,11H2,1-2H3. The van der Waals surface area contributed by atoms with Crippen LogP contribution in [0.25, 0.3) is 0 Å². The van der Waals surface area contributed by atoms with Gasteiger partial charge in [0.05, 0.1) is 0 Å². The van der Waals surface area contributed by atoms with Gasteiger partial charge in [-0.3, -0.25) is 0 Å². The Bertz CT molecular complexity index is 508. The van der Waals surface area contributed by atoms with Crippen LogP contribution in [0.2, 0.25) is 0 Å². The van der Waals surface area contributed by atoms with Gasteiger partial charge in [0.25, 0.3) is 0 Å². The van der Waals surface area contributed by atoms with Crippen molar-refractivity contribution < 1.29 is 0 Å². The third kappa shape index (κ3) is 3.21. The Hall–Kier alpha value is -1.12. The average Bonchev–Trinajstić information content (AvgIpc) is 2.40. The number of aryl methyl sites for hydroxylation is 1. The lowest BCUT2D eigenvalue weighted by molar-refractivity contribution is 0.589. The largest absolute Gasteiger partial charge is 0.313 e. The first-order chi connectivity index (χ1) is 8.70. The zero-order chi connectivity index (χ0) is 13.0. The van der Waals surface area contributed by atoms with Crippen LogP contribution in [0.15, 0.2) is 53.0 Å². The molecule has 94 valence electrons. The van der Waals surface area contributed by atoms with E-state index in [2.05, 4.69) is 76.7 Å². The highest BCUT2D eigenvalue weighted by molar-refractivity contribution is 9.10. The van der Waals surface area contributed by atoms with Gasteiger partial charge in [0.1, 0.15) is 0 Å². The van der Waals surface area contributed by atoms with Crippen LogP contribution in [0.1, 0.15) is 22.7 Å². The highest BCUT2D eigenvalue weighted by Crippen LogP contribution is 2.27. The molecule has 0 aliphatic rings. The van der Waals surface area contributed by atoms with Gasteiger partial charge < -0.3 is 5.32 Å². The van der Waals surface area contributed by atoms with Crippen LogP contribution in [-0.4, -0.2) is 7.05 Å². The second-order valence-corrected chi connectivity index (χ2v) is 5.41. The fraction of sp³-hybridized carbons (Fsp3) is 0.250. The Morgan fingerprint density at radius 3 is 2.50 bits per heavy atom. The fourth-order valence-electron chi connectivity index (χ4n) is 2.15. The van der Waals surface area contributed by atoms with Crippen molar-refractivity contribution in [3.63, 3.8) is 0 Å². The molecule has 0 aromatic heterocycles. The first-order valence-corrected chi connectivity index (χ1v) is 6.97. The van der Waals surface area contributed by atoms with Crippen LogP contribution in [0.5, 0.6) is 0 Å². The molecule has 0 bridgehead atoms. The molecule has 0 spiro atoms. The third-order valence-electron chi connectivity index (χ3n) is 3.16. The average molecular weight is 304 g/mol. The van der Waals surface area contributed by atoms with E-state index in [0.717, 1.165) is 6.42 Å². The van der Waals surface area contributed by atoms with Crippen LogP contribution in [0.4, 0.5) is 0 Å². The molecule has 2 aromatic rings. The van der Waals surface area contributed by atoms with E-state index >= 15 is 0 Å². The lowest BCUT2D eigenvalue weighted by Gasteiger charge is -2.19. The van der Waals surface area contributed by atoms with E-state index in [1.54, 1.807) is 0 Å². The molecule has 1 atom stereocenters. The van der Waals surface area contributed by atoms with Gasteiger partial charge in [0.15, 0.2) is 0 Å². The zero-order valence-corrected chi connectivity index (χ0v) is 12.4. The summed E-state index contributed by atoms with van der Waals surface area (Å²) < 4.78 is 1.17. The summed E-state index contributed by atoms with van der Waals surface area (Å²) in [5.41, 5.74) is 3.97. The monoisotopic (exact) mass is 303 g/mol. The molecule has 1 nitrogen and oxygen atoms in total. The van der Waals surface area contributed by atoms with Gasteiger partial charge in [0, 0.05) is 10.5 Å². The highest BCUT2D eigenvalue weighted by atomic mass is 79.9.